The molecule has 5 nitrogen and oxygen atoms in total. The molecule has 1 fully saturated rings. The first-order valence-electron chi connectivity index (χ1n) is 6.88. The van der Waals surface area contributed by atoms with Crippen molar-refractivity contribution in [3.63, 3.8) is 0 Å². The molecule has 19 heavy (non-hydrogen) atoms. The fourth-order valence-corrected chi connectivity index (χ4v) is 2.57. The molecule has 1 saturated heterocycles. The first-order chi connectivity index (χ1) is 9.19. The van der Waals surface area contributed by atoms with E-state index >= 15 is 0 Å². The molecule has 0 amide bonds. The van der Waals surface area contributed by atoms with Crippen LogP contribution in [-0.4, -0.2) is 48.1 Å². The SMILES string of the molecule is CCNc1ncc(Cl)c(NCC2CCCN(C)C2)n1. The molecule has 0 saturated carbocycles. The van der Waals surface area contributed by atoms with Crippen LogP contribution in [-0.2, 0) is 0 Å². The number of anilines is 2. The van der Waals surface area contributed by atoms with Crippen molar-refractivity contribution in [1.29, 1.82) is 0 Å². The van der Waals surface area contributed by atoms with E-state index in [4.69, 9.17) is 11.6 Å². The summed E-state index contributed by atoms with van der Waals surface area (Å²) in [6, 6.07) is 0. The molecule has 0 aliphatic carbocycles. The van der Waals surface area contributed by atoms with Gasteiger partial charge in [0.25, 0.3) is 0 Å². The summed E-state index contributed by atoms with van der Waals surface area (Å²) in [5.41, 5.74) is 0. The number of nitrogens with one attached hydrogen (secondary N) is 2. The van der Waals surface area contributed by atoms with Crippen LogP contribution in [0.4, 0.5) is 11.8 Å². The van der Waals surface area contributed by atoms with Gasteiger partial charge >= 0.3 is 0 Å². The monoisotopic (exact) mass is 283 g/mol. The maximum atomic E-state index is 6.12. The number of aromatic nitrogens is 2. The van der Waals surface area contributed by atoms with Crippen LogP contribution in [0.15, 0.2) is 6.20 Å². The van der Waals surface area contributed by atoms with Crippen molar-refractivity contribution in [3.05, 3.63) is 11.2 Å². The summed E-state index contributed by atoms with van der Waals surface area (Å²) in [4.78, 5) is 10.9. The standard InChI is InChI=1S/C13H22ClN5/c1-3-15-13-17-8-11(14)12(18-13)16-7-10-5-4-6-19(2)9-10/h8,10H,3-7,9H2,1-2H3,(H2,15,16,17,18). The van der Waals surface area contributed by atoms with Crippen LogP contribution in [0.3, 0.4) is 0 Å². The van der Waals surface area contributed by atoms with Crippen molar-refractivity contribution in [3.8, 4) is 0 Å². The molecule has 0 aromatic carbocycles. The number of hydrogen-bond donors (Lipinski definition) is 2. The largest absolute Gasteiger partial charge is 0.368 e. The molecule has 1 unspecified atom stereocenters. The van der Waals surface area contributed by atoms with Gasteiger partial charge in [-0.3, -0.25) is 0 Å². The van der Waals surface area contributed by atoms with Crippen LogP contribution in [0.2, 0.25) is 5.02 Å². The number of nitrogens with zero attached hydrogens (tertiary/aromatic N) is 3. The molecule has 0 radical (unpaired) electrons. The van der Waals surface area contributed by atoms with Crippen LogP contribution in [0.25, 0.3) is 0 Å². The molecule has 106 valence electrons. The highest BCUT2D eigenvalue weighted by Crippen LogP contribution is 2.21. The van der Waals surface area contributed by atoms with Crippen LogP contribution in [0.5, 0.6) is 0 Å². The predicted molar refractivity (Wildman–Crippen MR) is 79.9 cm³/mol. The zero-order valence-electron chi connectivity index (χ0n) is 11.6. The highest BCUT2D eigenvalue weighted by molar-refractivity contribution is 6.32. The molecular weight excluding hydrogens is 262 g/mol. The number of rotatable bonds is 5. The molecule has 6 heteroatoms. The van der Waals surface area contributed by atoms with Gasteiger partial charge in [-0.25, -0.2) is 4.98 Å². The second-order valence-corrected chi connectivity index (χ2v) is 5.48. The first kappa shape index (κ1) is 14.3. The highest BCUT2D eigenvalue weighted by atomic mass is 35.5. The minimum absolute atomic E-state index is 0.575. The average molecular weight is 284 g/mol. The molecular formula is C13H22ClN5. The Morgan fingerprint density at radius 3 is 3.05 bits per heavy atom. The Hall–Kier alpha value is -1.07. The molecule has 1 aromatic rings. The maximum absolute atomic E-state index is 6.12. The van der Waals surface area contributed by atoms with Crippen molar-refractivity contribution >= 4 is 23.4 Å². The van der Waals surface area contributed by atoms with E-state index in [0.29, 0.717) is 16.9 Å². The number of hydrogen-bond acceptors (Lipinski definition) is 5. The van der Waals surface area contributed by atoms with Crippen molar-refractivity contribution in [2.75, 3.05) is 43.9 Å². The van der Waals surface area contributed by atoms with E-state index in [1.54, 1.807) is 6.20 Å². The summed E-state index contributed by atoms with van der Waals surface area (Å²) < 4.78 is 0. The minimum Gasteiger partial charge on any atom is -0.368 e. The lowest BCUT2D eigenvalue weighted by Gasteiger charge is -2.29. The normalized spacial score (nSPS) is 20.3. The van der Waals surface area contributed by atoms with Gasteiger partial charge in [-0.15, -0.1) is 0 Å². The first-order valence-corrected chi connectivity index (χ1v) is 7.25. The van der Waals surface area contributed by atoms with Crippen molar-refractivity contribution in [2.24, 2.45) is 5.92 Å². The van der Waals surface area contributed by atoms with Crippen molar-refractivity contribution < 1.29 is 0 Å². The highest BCUT2D eigenvalue weighted by Gasteiger charge is 2.17. The summed E-state index contributed by atoms with van der Waals surface area (Å²) in [5.74, 6) is 2.00. The second kappa shape index (κ2) is 6.91. The fraction of sp³-hybridized carbons (Fsp3) is 0.692. The minimum atomic E-state index is 0.575. The summed E-state index contributed by atoms with van der Waals surface area (Å²) >= 11 is 6.12. The molecule has 1 aliphatic rings. The van der Waals surface area contributed by atoms with Gasteiger partial charge in [0, 0.05) is 19.6 Å². The summed E-state index contributed by atoms with van der Waals surface area (Å²) in [5, 5.41) is 7.02. The Bertz CT molecular complexity index is 412. The smallest absolute Gasteiger partial charge is 0.224 e. The van der Waals surface area contributed by atoms with E-state index in [1.165, 1.54) is 19.4 Å². The average Bonchev–Trinajstić information content (AvgIpc) is 2.40. The Labute approximate surface area is 119 Å². The van der Waals surface area contributed by atoms with E-state index in [0.717, 1.165) is 25.5 Å². The molecule has 1 aliphatic heterocycles. The molecule has 2 heterocycles. The van der Waals surface area contributed by atoms with E-state index in [1.807, 2.05) is 6.92 Å². The maximum Gasteiger partial charge on any atom is 0.224 e. The number of piperidine rings is 1. The lowest BCUT2D eigenvalue weighted by Crippen LogP contribution is -2.35. The van der Waals surface area contributed by atoms with E-state index in [9.17, 15) is 0 Å². The fourth-order valence-electron chi connectivity index (χ4n) is 2.42. The van der Waals surface area contributed by atoms with Crippen LogP contribution >= 0.6 is 11.6 Å². The third-order valence-corrected chi connectivity index (χ3v) is 3.64. The van der Waals surface area contributed by atoms with Gasteiger partial charge in [-0.2, -0.15) is 4.98 Å². The van der Waals surface area contributed by atoms with E-state index in [2.05, 4.69) is 32.5 Å². The van der Waals surface area contributed by atoms with Gasteiger partial charge in [-0.05, 0) is 39.3 Å². The van der Waals surface area contributed by atoms with Gasteiger partial charge in [0.1, 0.15) is 10.8 Å². The molecule has 1 atom stereocenters. The molecule has 0 bridgehead atoms. The third-order valence-electron chi connectivity index (χ3n) is 3.36. The quantitative estimate of drug-likeness (QED) is 0.869. The lowest BCUT2D eigenvalue weighted by atomic mass is 9.98. The van der Waals surface area contributed by atoms with E-state index < -0.39 is 0 Å². The number of likely N-dealkylation sites (tertiary alicyclic amines) is 1. The summed E-state index contributed by atoms with van der Waals surface area (Å²) in [6.07, 6.45) is 4.17. The van der Waals surface area contributed by atoms with Gasteiger partial charge in [0.2, 0.25) is 5.95 Å². The van der Waals surface area contributed by atoms with Gasteiger partial charge in [-0.1, -0.05) is 11.6 Å². The molecule has 2 N–H and O–H groups in total. The van der Waals surface area contributed by atoms with Gasteiger partial charge in [0.05, 0.1) is 6.20 Å². The van der Waals surface area contributed by atoms with E-state index in [-0.39, 0.29) is 0 Å². The Morgan fingerprint density at radius 2 is 2.32 bits per heavy atom. The summed E-state index contributed by atoms with van der Waals surface area (Å²) in [6.45, 7) is 6.06. The molecule has 0 spiro atoms. The Kier molecular flexibility index (Phi) is 5.22. The zero-order chi connectivity index (χ0) is 13.7. The Balaban J connectivity index is 1.92. The van der Waals surface area contributed by atoms with Crippen molar-refractivity contribution in [2.45, 2.75) is 19.8 Å². The zero-order valence-corrected chi connectivity index (χ0v) is 12.4. The number of halogens is 1. The summed E-state index contributed by atoms with van der Waals surface area (Å²) in [7, 11) is 2.17. The third kappa shape index (κ3) is 4.21. The second-order valence-electron chi connectivity index (χ2n) is 5.07. The van der Waals surface area contributed by atoms with Crippen molar-refractivity contribution in [1.82, 2.24) is 14.9 Å². The van der Waals surface area contributed by atoms with Gasteiger partial charge in [0.15, 0.2) is 0 Å². The lowest BCUT2D eigenvalue weighted by molar-refractivity contribution is 0.217. The Morgan fingerprint density at radius 1 is 1.47 bits per heavy atom. The topological polar surface area (TPSA) is 53.1 Å². The van der Waals surface area contributed by atoms with Crippen LogP contribution in [0, 0.1) is 5.92 Å². The molecule has 2 rings (SSSR count). The van der Waals surface area contributed by atoms with Crippen LogP contribution < -0.4 is 10.6 Å². The van der Waals surface area contributed by atoms with Gasteiger partial charge < -0.3 is 15.5 Å². The predicted octanol–water partition coefficient (Wildman–Crippen LogP) is 2.32. The van der Waals surface area contributed by atoms with Crippen LogP contribution in [0.1, 0.15) is 19.8 Å². The molecule has 1 aromatic heterocycles.